The van der Waals surface area contributed by atoms with Crippen LogP contribution in [-0.4, -0.2) is 40.8 Å². The van der Waals surface area contributed by atoms with Crippen molar-refractivity contribution in [1.29, 1.82) is 0 Å². The number of methoxy groups -OCH3 is 2. The maximum Gasteiger partial charge on any atom is 0.258 e. The molecule has 0 saturated heterocycles. The molecule has 0 bridgehead atoms. The highest BCUT2D eigenvalue weighted by Crippen LogP contribution is 2.43. The second kappa shape index (κ2) is 9.07. The topological polar surface area (TPSA) is 68.6 Å². The van der Waals surface area contributed by atoms with Crippen molar-refractivity contribution in [2.75, 3.05) is 19.5 Å². The van der Waals surface area contributed by atoms with Gasteiger partial charge in [-0.15, -0.1) is 0 Å². The van der Waals surface area contributed by atoms with Crippen LogP contribution in [-0.2, 0) is 6.54 Å². The lowest BCUT2D eigenvalue weighted by atomic mass is 10.0. The van der Waals surface area contributed by atoms with Gasteiger partial charge in [0.05, 0.1) is 32.0 Å². The largest absolute Gasteiger partial charge is 0.493 e. The molecule has 1 N–H and O–H groups in total. The lowest BCUT2D eigenvalue weighted by molar-refractivity contribution is 0.0667. The van der Waals surface area contributed by atoms with Gasteiger partial charge in [0.25, 0.3) is 5.91 Å². The van der Waals surface area contributed by atoms with Crippen LogP contribution in [0.5, 0.6) is 11.5 Å². The first kappa shape index (κ1) is 22.2. The first-order valence-electron chi connectivity index (χ1n) is 12.2. The van der Waals surface area contributed by atoms with E-state index in [0.717, 1.165) is 40.9 Å². The van der Waals surface area contributed by atoms with E-state index in [0.29, 0.717) is 23.6 Å². The van der Waals surface area contributed by atoms with Gasteiger partial charge in [-0.05, 0) is 48.7 Å². The molecule has 3 aromatic carbocycles. The number of benzene rings is 3. The number of hydrogen-bond donors (Lipinski definition) is 1. The zero-order chi connectivity index (χ0) is 24.6. The molecule has 36 heavy (non-hydrogen) atoms. The van der Waals surface area contributed by atoms with E-state index in [1.54, 1.807) is 14.2 Å². The number of amides is 1. The van der Waals surface area contributed by atoms with Crippen molar-refractivity contribution in [1.82, 2.24) is 14.7 Å². The van der Waals surface area contributed by atoms with Gasteiger partial charge in [0, 0.05) is 29.1 Å². The van der Waals surface area contributed by atoms with Gasteiger partial charge in [-0.2, -0.15) is 5.10 Å². The zero-order valence-corrected chi connectivity index (χ0v) is 20.3. The number of ether oxygens (including phenoxy) is 2. The average molecular weight is 481 g/mol. The number of carbonyl (C=O) groups is 1. The quantitative estimate of drug-likeness (QED) is 0.387. The minimum atomic E-state index is -0.326. The second-order valence-corrected chi connectivity index (χ2v) is 9.22. The molecule has 182 valence electrons. The second-order valence-electron chi connectivity index (χ2n) is 9.22. The third-order valence-corrected chi connectivity index (χ3v) is 6.83. The van der Waals surface area contributed by atoms with E-state index in [9.17, 15) is 4.79 Å². The van der Waals surface area contributed by atoms with Crippen LogP contribution in [0.2, 0.25) is 0 Å². The molecule has 0 spiro atoms. The molecule has 6 rings (SSSR count). The van der Waals surface area contributed by atoms with Crippen LogP contribution in [0, 0.1) is 0 Å². The monoisotopic (exact) mass is 480 g/mol. The van der Waals surface area contributed by atoms with Crippen molar-refractivity contribution in [3.8, 4) is 22.8 Å². The van der Waals surface area contributed by atoms with Crippen molar-refractivity contribution in [3.05, 3.63) is 95.7 Å². The Morgan fingerprint density at radius 3 is 2.44 bits per heavy atom. The Labute approximate surface area is 210 Å². The van der Waals surface area contributed by atoms with Crippen molar-refractivity contribution in [2.45, 2.75) is 31.6 Å². The van der Waals surface area contributed by atoms with Crippen LogP contribution in [0.1, 0.15) is 40.5 Å². The van der Waals surface area contributed by atoms with Gasteiger partial charge in [-0.1, -0.05) is 42.5 Å². The van der Waals surface area contributed by atoms with E-state index >= 15 is 0 Å². The molecular weight excluding hydrogens is 452 g/mol. The molecule has 0 unspecified atom stereocenters. The van der Waals surface area contributed by atoms with Crippen LogP contribution < -0.4 is 14.8 Å². The molecule has 7 heteroatoms. The zero-order valence-electron chi connectivity index (χ0n) is 20.3. The Hall–Kier alpha value is -4.26. The molecule has 1 amide bonds. The van der Waals surface area contributed by atoms with E-state index in [4.69, 9.17) is 14.6 Å². The van der Waals surface area contributed by atoms with Crippen LogP contribution in [0.25, 0.3) is 11.3 Å². The fraction of sp³-hybridized carbons (Fsp3) is 0.241. The predicted octanol–water partition coefficient (Wildman–Crippen LogP) is 5.34. The number of nitrogens with zero attached hydrogens (tertiary/aromatic N) is 3. The van der Waals surface area contributed by atoms with Gasteiger partial charge >= 0.3 is 0 Å². The van der Waals surface area contributed by atoms with Gasteiger partial charge in [0.15, 0.2) is 11.5 Å². The lowest BCUT2D eigenvalue weighted by Crippen LogP contribution is -2.44. The number of nitrogens with one attached hydrogen (secondary N) is 1. The van der Waals surface area contributed by atoms with E-state index in [1.807, 2.05) is 70.2 Å². The highest BCUT2D eigenvalue weighted by Gasteiger charge is 2.43. The standard InChI is InChI=1S/C29H28N4O3/c1-35-25-15-12-20(16-26(25)36-2)27-23(18-32(31-27)17-19-8-4-3-5-9-19)28-30-24-11-7-6-10-22(24)29(34)33(28)21-13-14-21/h3-12,15-16,18,21,28,30H,13-14,17H2,1-2H3/t28-/m1/s1. The first-order chi connectivity index (χ1) is 17.7. The molecule has 1 aliphatic carbocycles. The smallest absolute Gasteiger partial charge is 0.258 e. The number of aromatic nitrogens is 2. The van der Waals surface area contributed by atoms with Crippen molar-refractivity contribution >= 4 is 11.6 Å². The average Bonchev–Trinajstić information content (AvgIpc) is 3.67. The van der Waals surface area contributed by atoms with Gasteiger partial charge in [-0.3, -0.25) is 9.48 Å². The third kappa shape index (κ3) is 3.96. The highest BCUT2D eigenvalue weighted by atomic mass is 16.5. The maximum atomic E-state index is 13.6. The molecule has 1 fully saturated rings. The number of anilines is 1. The number of para-hydroxylation sites is 1. The normalized spacial score (nSPS) is 16.9. The Morgan fingerprint density at radius 2 is 1.69 bits per heavy atom. The molecule has 0 radical (unpaired) electrons. The fourth-order valence-corrected chi connectivity index (χ4v) is 4.92. The maximum absolute atomic E-state index is 13.6. The van der Waals surface area contributed by atoms with E-state index < -0.39 is 0 Å². The summed E-state index contributed by atoms with van der Waals surface area (Å²) >= 11 is 0. The summed E-state index contributed by atoms with van der Waals surface area (Å²) in [5.74, 6) is 1.35. The van der Waals surface area contributed by atoms with Crippen molar-refractivity contribution < 1.29 is 14.3 Å². The summed E-state index contributed by atoms with van der Waals surface area (Å²) in [4.78, 5) is 15.6. The summed E-state index contributed by atoms with van der Waals surface area (Å²) in [7, 11) is 3.25. The SMILES string of the molecule is COc1ccc(-c2nn(Cc3ccccc3)cc2[C@@H]2Nc3ccccc3C(=O)N2C2CC2)cc1OC. The number of hydrogen-bond acceptors (Lipinski definition) is 5. The lowest BCUT2D eigenvalue weighted by Gasteiger charge is -2.38. The Morgan fingerprint density at radius 1 is 0.944 bits per heavy atom. The fourth-order valence-electron chi connectivity index (χ4n) is 4.92. The minimum Gasteiger partial charge on any atom is -0.493 e. The number of fused-ring (bicyclic) bond motifs is 1. The molecule has 7 nitrogen and oxygen atoms in total. The molecule has 1 aromatic heterocycles. The van der Waals surface area contributed by atoms with Gasteiger partial charge < -0.3 is 19.7 Å². The van der Waals surface area contributed by atoms with Crippen LogP contribution >= 0.6 is 0 Å². The predicted molar refractivity (Wildman–Crippen MR) is 138 cm³/mol. The van der Waals surface area contributed by atoms with Gasteiger partial charge in [0.2, 0.25) is 0 Å². The summed E-state index contributed by atoms with van der Waals surface area (Å²) in [6, 6.07) is 24.0. The number of carbonyl (C=O) groups excluding carboxylic acids is 1. The molecule has 2 heterocycles. The molecule has 1 aliphatic heterocycles. The molecule has 1 atom stereocenters. The number of rotatable bonds is 7. The minimum absolute atomic E-state index is 0.0610. The Balaban J connectivity index is 1.48. The van der Waals surface area contributed by atoms with Crippen LogP contribution in [0.15, 0.2) is 79.0 Å². The molecule has 2 aliphatic rings. The molecule has 1 saturated carbocycles. The molecule has 4 aromatic rings. The summed E-state index contributed by atoms with van der Waals surface area (Å²) in [6.07, 6.45) is 3.76. The molecular formula is C29H28N4O3. The van der Waals surface area contributed by atoms with E-state index in [2.05, 4.69) is 23.6 Å². The van der Waals surface area contributed by atoms with E-state index in [-0.39, 0.29) is 18.1 Å². The third-order valence-electron chi connectivity index (χ3n) is 6.83. The van der Waals surface area contributed by atoms with Gasteiger partial charge in [-0.25, -0.2) is 0 Å². The Kier molecular flexibility index (Phi) is 5.60. The summed E-state index contributed by atoms with van der Waals surface area (Å²) < 4.78 is 13.0. The van der Waals surface area contributed by atoms with E-state index in [1.165, 1.54) is 0 Å². The summed E-state index contributed by atoms with van der Waals surface area (Å²) in [5, 5.41) is 8.67. The van der Waals surface area contributed by atoms with Crippen LogP contribution in [0.4, 0.5) is 5.69 Å². The highest BCUT2D eigenvalue weighted by molar-refractivity contribution is 6.02. The summed E-state index contributed by atoms with van der Waals surface area (Å²) in [5.41, 5.74) is 5.37. The van der Waals surface area contributed by atoms with Crippen LogP contribution in [0.3, 0.4) is 0 Å². The van der Waals surface area contributed by atoms with Gasteiger partial charge in [0.1, 0.15) is 6.17 Å². The van der Waals surface area contributed by atoms with Crippen molar-refractivity contribution in [3.63, 3.8) is 0 Å². The van der Waals surface area contributed by atoms with Crippen molar-refractivity contribution in [2.24, 2.45) is 0 Å². The Bertz CT molecular complexity index is 1410. The summed E-state index contributed by atoms with van der Waals surface area (Å²) in [6.45, 7) is 0.627. The first-order valence-corrected chi connectivity index (χ1v) is 12.2.